The van der Waals surface area contributed by atoms with Crippen LogP contribution in [-0.2, 0) is 0 Å². The van der Waals surface area contributed by atoms with E-state index in [0.717, 1.165) is 30.6 Å². The van der Waals surface area contributed by atoms with Crippen LogP contribution in [0.2, 0.25) is 5.02 Å². The fourth-order valence-corrected chi connectivity index (χ4v) is 2.49. The second-order valence-corrected chi connectivity index (χ2v) is 5.36. The molecule has 0 aliphatic carbocycles. The summed E-state index contributed by atoms with van der Waals surface area (Å²) in [5.74, 6) is 0. The number of halogens is 1. The van der Waals surface area contributed by atoms with E-state index in [2.05, 4.69) is 12.2 Å². The number of aryl methyl sites for hydroxylation is 1. The first-order chi connectivity index (χ1) is 8.58. The van der Waals surface area contributed by atoms with Gasteiger partial charge in [0.15, 0.2) is 0 Å². The van der Waals surface area contributed by atoms with Crippen molar-refractivity contribution in [2.45, 2.75) is 39.2 Å². The van der Waals surface area contributed by atoms with Gasteiger partial charge in [-0.05, 0) is 50.8 Å². The lowest BCUT2D eigenvalue weighted by molar-refractivity contribution is 0.170. The van der Waals surface area contributed by atoms with Crippen molar-refractivity contribution in [3.05, 3.63) is 28.8 Å². The molecule has 1 aliphatic heterocycles. The lowest BCUT2D eigenvalue weighted by atomic mass is 10.0. The first-order valence-electron chi connectivity index (χ1n) is 6.41. The lowest BCUT2D eigenvalue weighted by Crippen LogP contribution is -2.44. The highest BCUT2D eigenvalue weighted by molar-refractivity contribution is 6.31. The van der Waals surface area contributed by atoms with Crippen LogP contribution < -0.4 is 5.32 Å². The summed E-state index contributed by atoms with van der Waals surface area (Å²) >= 11 is 5.95. The molecule has 1 atom stereocenters. The molecule has 4 heteroatoms. The summed E-state index contributed by atoms with van der Waals surface area (Å²) in [6.07, 6.45) is 3.38. The zero-order valence-corrected chi connectivity index (χ0v) is 11.6. The van der Waals surface area contributed by atoms with Crippen LogP contribution in [0.3, 0.4) is 0 Å². The molecule has 1 N–H and O–H groups in total. The zero-order chi connectivity index (χ0) is 13.1. The quantitative estimate of drug-likeness (QED) is 0.817. The van der Waals surface area contributed by atoms with E-state index in [9.17, 15) is 4.79 Å². The Morgan fingerprint density at radius 2 is 2.22 bits per heavy atom. The summed E-state index contributed by atoms with van der Waals surface area (Å²) in [6, 6.07) is 5.84. The zero-order valence-electron chi connectivity index (χ0n) is 10.9. The van der Waals surface area contributed by atoms with Gasteiger partial charge in [-0.2, -0.15) is 0 Å². The molecule has 18 heavy (non-hydrogen) atoms. The van der Waals surface area contributed by atoms with Crippen molar-refractivity contribution < 1.29 is 4.79 Å². The standard InChI is InChI=1S/C14H19ClN2O/c1-10-6-7-12(15)9-13(10)16-14(18)17-8-4-3-5-11(17)2/h6-7,9,11H,3-5,8H2,1-2H3,(H,16,18). The van der Waals surface area contributed by atoms with Crippen molar-refractivity contribution in [1.29, 1.82) is 0 Å². The van der Waals surface area contributed by atoms with E-state index in [-0.39, 0.29) is 6.03 Å². The fourth-order valence-electron chi connectivity index (χ4n) is 2.32. The third kappa shape index (κ3) is 2.96. The minimum absolute atomic E-state index is 0.0208. The van der Waals surface area contributed by atoms with E-state index in [1.54, 1.807) is 6.07 Å². The molecule has 2 rings (SSSR count). The first-order valence-corrected chi connectivity index (χ1v) is 6.79. The maximum absolute atomic E-state index is 12.2. The lowest BCUT2D eigenvalue weighted by Gasteiger charge is -2.33. The Morgan fingerprint density at radius 3 is 2.94 bits per heavy atom. The van der Waals surface area contributed by atoms with Crippen molar-refractivity contribution in [2.24, 2.45) is 0 Å². The van der Waals surface area contributed by atoms with Gasteiger partial charge in [0.05, 0.1) is 0 Å². The minimum Gasteiger partial charge on any atom is -0.322 e. The molecule has 1 heterocycles. The molecule has 0 radical (unpaired) electrons. The Labute approximate surface area is 113 Å². The molecule has 1 aromatic carbocycles. The molecule has 0 spiro atoms. The van der Waals surface area contributed by atoms with Gasteiger partial charge >= 0.3 is 6.03 Å². The minimum atomic E-state index is -0.0208. The third-order valence-electron chi connectivity index (χ3n) is 3.51. The van der Waals surface area contributed by atoms with E-state index in [0.29, 0.717) is 11.1 Å². The van der Waals surface area contributed by atoms with Crippen molar-refractivity contribution in [1.82, 2.24) is 4.90 Å². The van der Waals surface area contributed by atoms with Gasteiger partial charge in [-0.25, -0.2) is 4.79 Å². The highest BCUT2D eigenvalue weighted by atomic mass is 35.5. The van der Waals surface area contributed by atoms with Crippen LogP contribution >= 0.6 is 11.6 Å². The molecule has 0 bridgehead atoms. The molecule has 1 unspecified atom stereocenters. The van der Waals surface area contributed by atoms with Crippen LogP contribution in [0.1, 0.15) is 31.7 Å². The topological polar surface area (TPSA) is 32.3 Å². The van der Waals surface area contributed by atoms with Crippen LogP contribution in [0, 0.1) is 6.92 Å². The summed E-state index contributed by atoms with van der Waals surface area (Å²) in [5, 5.41) is 3.59. The van der Waals surface area contributed by atoms with Crippen LogP contribution in [0.5, 0.6) is 0 Å². The number of nitrogens with zero attached hydrogens (tertiary/aromatic N) is 1. The molecule has 1 aromatic rings. The fraction of sp³-hybridized carbons (Fsp3) is 0.500. The Morgan fingerprint density at radius 1 is 1.44 bits per heavy atom. The number of amides is 2. The number of likely N-dealkylation sites (tertiary alicyclic amines) is 1. The SMILES string of the molecule is Cc1ccc(Cl)cc1NC(=O)N1CCCCC1C. The number of carbonyl (C=O) groups excluding carboxylic acids is 1. The third-order valence-corrected chi connectivity index (χ3v) is 3.74. The summed E-state index contributed by atoms with van der Waals surface area (Å²) < 4.78 is 0. The summed E-state index contributed by atoms with van der Waals surface area (Å²) in [5.41, 5.74) is 1.82. The number of rotatable bonds is 1. The van der Waals surface area contributed by atoms with Crippen LogP contribution in [0.15, 0.2) is 18.2 Å². The van der Waals surface area contributed by atoms with E-state index >= 15 is 0 Å². The molecule has 98 valence electrons. The predicted octanol–water partition coefficient (Wildman–Crippen LogP) is 4.05. The first kappa shape index (κ1) is 13.2. The van der Waals surface area contributed by atoms with Crippen LogP contribution in [0.25, 0.3) is 0 Å². The van der Waals surface area contributed by atoms with E-state index in [1.807, 2.05) is 24.0 Å². The smallest absolute Gasteiger partial charge is 0.322 e. The number of nitrogens with one attached hydrogen (secondary N) is 1. The van der Waals surface area contributed by atoms with Gasteiger partial charge in [0, 0.05) is 23.3 Å². The number of urea groups is 1. The Balaban J connectivity index is 2.08. The van der Waals surface area contributed by atoms with Crippen molar-refractivity contribution >= 4 is 23.3 Å². The van der Waals surface area contributed by atoms with Crippen molar-refractivity contribution in [2.75, 3.05) is 11.9 Å². The van der Waals surface area contributed by atoms with Gasteiger partial charge in [0.1, 0.15) is 0 Å². The number of hydrogen-bond acceptors (Lipinski definition) is 1. The molecule has 1 saturated heterocycles. The van der Waals surface area contributed by atoms with Crippen molar-refractivity contribution in [3.63, 3.8) is 0 Å². The Hall–Kier alpha value is -1.22. The van der Waals surface area contributed by atoms with Crippen LogP contribution in [0.4, 0.5) is 10.5 Å². The number of carbonyl (C=O) groups is 1. The van der Waals surface area contributed by atoms with E-state index < -0.39 is 0 Å². The maximum atomic E-state index is 12.2. The van der Waals surface area contributed by atoms with Gasteiger partial charge in [0.2, 0.25) is 0 Å². The van der Waals surface area contributed by atoms with Gasteiger partial charge in [-0.15, -0.1) is 0 Å². The summed E-state index contributed by atoms with van der Waals surface area (Å²) in [4.78, 5) is 14.1. The van der Waals surface area contributed by atoms with E-state index in [4.69, 9.17) is 11.6 Å². The molecule has 3 nitrogen and oxygen atoms in total. The molecule has 0 saturated carbocycles. The average molecular weight is 267 g/mol. The number of benzene rings is 1. The van der Waals surface area contributed by atoms with Gasteiger partial charge < -0.3 is 10.2 Å². The van der Waals surface area contributed by atoms with Gasteiger partial charge in [0.25, 0.3) is 0 Å². The molecular formula is C14H19ClN2O. The largest absolute Gasteiger partial charge is 0.322 e. The molecule has 1 fully saturated rings. The van der Waals surface area contributed by atoms with Crippen LogP contribution in [-0.4, -0.2) is 23.5 Å². The van der Waals surface area contributed by atoms with Gasteiger partial charge in [-0.1, -0.05) is 17.7 Å². The van der Waals surface area contributed by atoms with Gasteiger partial charge in [-0.3, -0.25) is 0 Å². The summed E-state index contributed by atoms with van der Waals surface area (Å²) in [7, 11) is 0. The number of piperidine rings is 1. The molecule has 0 aromatic heterocycles. The Kier molecular flexibility index (Phi) is 4.12. The highest BCUT2D eigenvalue weighted by Crippen LogP contribution is 2.22. The maximum Gasteiger partial charge on any atom is 0.322 e. The molecular weight excluding hydrogens is 248 g/mol. The number of anilines is 1. The predicted molar refractivity (Wildman–Crippen MR) is 75.2 cm³/mol. The summed E-state index contributed by atoms with van der Waals surface area (Å²) in [6.45, 7) is 4.90. The Bertz CT molecular complexity index is 447. The average Bonchev–Trinajstić information content (AvgIpc) is 2.34. The highest BCUT2D eigenvalue weighted by Gasteiger charge is 2.23. The molecule has 2 amide bonds. The normalized spacial score (nSPS) is 19.7. The van der Waals surface area contributed by atoms with Crippen molar-refractivity contribution in [3.8, 4) is 0 Å². The second kappa shape index (κ2) is 5.61. The van der Waals surface area contributed by atoms with E-state index in [1.165, 1.54) is 6.42 Å². The monoisotopic (exact) mass is 266 g/mol. The molecule has 1 aliphatic rings. The number of hydrogen-bond donors (Lipinski definition) is 1. The second-order valence-electron chi connectivity index (χ2n) is 4.93.